The Morgan fingerprint density at radius 1 is 0.667 bits per heavy atom. The van der Waals surface area contributed by atoms with Crippen LogP contribution in [-0.2, 0) is 23.3 Å². The van der Waals surface area contributed by atoms with Gasteiger partial charge in [0.2, 0.25) is 0 Å². The van der Waals surface area contributed by atoms with Gasteiger partial charge in [-0.15, -0.1) is 0 Å². The molecule has 0 fully saturated rings. The number of aromatic hydroxyl groups is 2. The van der Waals surface area contributed by atoms with E-state index in [9.17, 15) is 8.78 Å². The maximum atomic E-state index is 12.0. The van der Waals surface area contributed by atoms with E-state index in [1.807, 2.05) is 12.1 Å². The molecule has 0 bridgehead atoms. The molecule has 33 heavy (non-hydrogen) atoms. The molecule has 0 aliphatic rings. The fourth-order valence-corrected chi connectivity index (χ4v) is 1.95. The number of phenolic OH excluding ortho intramolecular Hbond substituents is 2. The molecule has 0 saturated heterocycles. The van der Waals surface area contributed by atoms with Crippen molar-refractivity contribution in [1.82, 2.24) is 0 Å². The normalized spacial score (nSPS) is 8.88. The number of hydrogen-bond acceptors (Lipinski definition) is 2. The van der Waals surface area contributed by atoms with Crippen molar-refractivity contribution in [3.8, 4) is 11.5 Å². The Morgan fingerprint density at radius 2 is 1.03 bits per heavy atom. The Labute approximate surface area is 211 Å². The first kappa shape index (κ1) is 30.7. The zero-order chi connectivity index (χ0) is 25.2. The third-order valence-electron chi connectivity index (χ3n) is 3.80. The topological polar surface area (TPSA) is 40.5 Å². The first-order chi connectivity index (χ1) is 15.5. The Kier molecular flexibility index (Phi) is 16.9. The van der Waals surface area contributed by atoms with Crippen molar-refractivity contribution in [2.24, 2.45) is 0 Å². The summed E-state index contributed by atoms with van der Waals surface area (Å²) in [7, 11) is 0. The molecule has 0 saturated carbocycles. The number of hydrogen-bond donors (Lipinski definition) is 2. The van der Waals surface area contributed by atoms with Crippen LogP contribution >= 0.6 is 0 Å². The molecule has 0 amide bonds. The van der Waals surface area contributed by atoms with Gasteiger partial charge in [-0.05, 0) is 48.5 Å². The molecular weight excluding hydrogens is 514 g/mol. The number of phenols is 2. The van der Waals surface area contributed by atoms with Crippen molar-refractivity contribution in [3.63, 3.8) is 0 Å². The summed E-state index contributed by atoms with van der Waals surface area (Å²) in [6, 6.07) is 24.6. The van der Waals surface area contributed by atoms with Gasteiger partial charge in [0.1, 0.15) is 23.1 Å². The molecule has 4 aromatic rings. The SMILES string of the molecule is C[Si](C)=[Zr+2].Cc1c[cH-]cc1C.Cc1cc[cH-]c1.Oc1ccc(F)cc1.Oc1ccc(F)cc1. The average molecular weight is 546 g/mol. The number of rotatable bonds is 0. The first-order valence-corrected chi connectivity index (χ1v) is 16.5. The number of halogens is 2. The van der Waals surface area contributed by atoms with Crippen molar-refractivity contribution in [2.75, 3.05) is 0 Å². The largest absolute Gasteiger partial charge is 0.508 e. The minimum Gasteiger partial charge on any atom is -0.508 e. The minimum atomic E-state index is -0.331. The van der Waals surface area contributed by atoms with Crippen LogP contribution in [0.25, 0.3) is 0 Å². The van der Waals surface area contributed by atoms with Crippen molar-refractivity contribution in [2.45, 2.75) is 33.9 Å². The van der Waals surface area contributed by atoms with E-state index in [1.54, 1.807) is 23.3 Å². The molecule has 0 spiro atoms. The van der Waals surface area contributed by atoms with Gasteiger partial charge in [0, 0.05) is 0 Å². The van der Waals surface area contributed by atoms with E-state index in [2.05, 4.69) is 64.2 Å². The summed E-state index contributed by atoms with van der Waals surface area (Å²) in [4.78, 5) is 0. The van der Waals surface area contributed by atoms with E-state index < -0.39 is 0 Å². The van der Waals surface area contributed by atoms with Crippen molar-refractivity contribution < 1.29 is 42.3 Å². The summed E-state index contributed by atoms with van der Waals surface area (Å²) in [5, 5.41) is 17.2. The van der Waals surface area contributed by atoms with Gasteiger partial charge in [-0.2, -0.15) is 47.5 Å². The van der Waals surface area contributed by atoms with Crippen LogP contribution in [0.2, 0.25) is 13.1 Å². The monoisotopic (exact) mass is 544 g/mol. The van der Waals surface area contributed by atoms with Crippen LogP contribution in [0.5, 0.6) is 11.5 Å². The summed E-state index contributed by atoms with van der Waals surface area (Å²) in [5.41, 5.74) is 4.33. The Balaban J connectivity index is 0.000000395. The molecule has 4 rings (SSSR count). The molecule has 0 radical (unpaired) electrons. The summed E-state index contributed by atoms with van der Waals surface area (Å²) in [5.74, 6) is -0.483. The van der Waals surface area contributed by atoms with Gasteiger partial charge in [-0.3, -0.25) is 0 Å². The fraction of sp³-hybridized carbons (Fsp3) is 0.185. The van der Waals surface area contributed by atoms with Crippen LogP contribution in [0, 0.1) is 32.4 Å². The molecule has 2 N–H and O–H groups in total. The van der Waals surface area contributed by atoms with Gasteiger partial charge in [0.05, 0.1) is 0 Å². The Bertz CT molecular complexity index is 903. The van der Waals surface area contributed by atoms with Crippen molar-refractivity contribution in [1.29, 1.82) is 0 Å². The van der Waals surface area contributed by atoms with E-state index in [4.69, 9.17) is 10.2 Å². The van der Waals surface area contributed by atoms with Crippen LogP contribution in [0.3, 0.4) is 0 Å². The number of benzene rings is 2. The molecule has 2 nitrogen and oxygen atoms in total. The van der Waals surface area contributed by atoms with Crippen molar-refractivity contribution in [3.05, 3.63) is 119 Å². The molecule has 0 unspecified atom stereocenters. The molecule has 4 aromatic carbocycles. The smallest absolute Gasteiger partial charge is 0.123 e. The van der Waals surface area contributed by atoms with E-state index in [1.165, 1.54) is 65.2 Å². The van der Waals surface area contributed by atoms with Gasteiger partial charge in [-0.1, -0.05) is 20.8 Å². The zero-order valence-corrected chi connectivity index (χ0v) is 23.3. The Hall–Kier alpha value is -2.30. The third kappa shape index (κ3) is 18.9. The molecule has 6 heteroatoms. The summed E-state index contributed by atoms with van der Waals surface area (Å²) in [6.45, 7) is 10.9. The average Bonchev–Trinajstić information content (AvgIpc) is 3.38. The fourth-order valence-electron chi connectivity index (χ4n) is 1.95. The summed E-state index contributed by atoms with van der Waals surface area (Å²) < 4.78 is 24.0. The summed E-state index contributed by atoms with van der Waals surface area (Å²) >= 11 is 1.74. The molecule has 0 aliphatic heterocycles. The second kappa shape index (κ2) is 18.2. The van der Waals surface area contributed by atoms with Gasteiger partial charge in [0.25, 0.3) is 0 Å². The predicted octanol–water partition coefficient (Wildman–Crippen LogP) is 7.58. The van der Waals surface area contributed by atoms with Gasteiger partial charge in [0.15, 0.2) is 0 Å². The maximum Gasteiger partial charge on any atom is 0.123 e. The van der Waals surface area contributed by atoms with E-state index in [-0.39, 0.29) is 28.6 Å². The van der Waals surface area contributed by atoms with E-state index >= 15 is 0 Å². The molecule has 0 heterocycles. The Morgan fingerprint density at radius 3 is 1.18 bits per heavy atom. The zero-order valence-electron chi connectivity index (χ0n) is 19.8. The van der Waals surface area contributed by atoms with Gasteiger partial charge < -0.3 is 10.2 Å². The van der Waals surface area contributed by atoms with Crippen LogP contribution in [0.15, 0.2) is 91.0 Å². The van der Waals surface area contributed by atoms with E-state index in [0.29, 0.717) is 0 Å². The van der Waals surface area contributed by atoms with Gasteiger partial charge >= 0.3 is 41.9 Å². The molecule has 174 valence electrons. The third-order valence-corrected chi connectivity index (χ3v) is 3.80. The number of aryl methyl sites for hydroxylation is 3. The molecular formula is C27H32F2O2SiZr. The van der Waals surface area contributed by atoms with Crippen LogP contribution in [-0.4, -0.2) is 15.6 Å². The van der Waals surface area contributed by atoms with Crippen LogP contribution in [0.1, 0.15) is 16.7 Å². The van der Waals surface area contributed by atoms with Crippen LogP contribution in [0.4, 0.5) is 8.78 Å². The van der Waals surface area contributed by atoms with Crippen molar-refractivity contribution >= 4 is 5.43 Å². The summed E-state index contributed by atoms with van der Waals surface area (Å²) in [6.07, 6.45) is 0. The second-order valence-electron chi connectivity index (χ2n) is 7.31. The van der Waals surface area contributed by atoms with Crippen LogP contribution < -0.4 is 0 Å². The first-order valence-electron chi connectivity index (χ1n) is 10.3. The maximum absolute atomic E-state index is 12.0. The van der Waals surface area contributed by atoms with E-state index in [0.717, 1.165) is 0 Å². The molecule has 0 aliphatic carbocycles. The molecule has 0 aromatic heterocycles. The standard InChI is InChI=1S/C7H9.2C6H5FO.C6H7.C2H6Si.Zr/c1-6-4-3-5-7(6)2;2*7-5-1-3-6(8)4-2-5;1-6-4-2-3-5-6;1-3-2;/h3-5H,1-2H3;2*1-4,8H;2-5H,1H3;1-2H3;/q-1;;;-1;;+2. The quantitative estimate of drug-likeness (QED) is 0.177. The molecule has 0 atom stereocenters. The van der Waals surface area contributed by atoms with Gasteiger partial charge in [-0.25, -0.2) is 20.4 Å². The minimum absolute atomic E-state index is 0.0893. The second-order valence-corrected chi connectivity index (χ2v) is 16.7. The predicted molar refractivity (Wildman–Crippen MR) is 132 cm³/mol.